The molecule has 0 aliphatic heterocycles. The van der Waals surface area contributed by atoms with Crippen LogP contribution in [-0.2, 0) is 6.61 Å². The van der Waals surface area contributed by atoms with Crippen molar-refractivity contribution in [1.82, 2.24) is 4.98 Å². The van der Waals surface area contributed by atoms with Crippen LogP contribution in [0.1, 0.15) is 21.1 Å². The van der Waals surface area contributed by atoms with Gasteiger partial charge in [-0.3, -0.25) is 0 Å². The van der Waals surface area contributed by atoms with Crippen molar-refractivity contribution in [1.29, 1.82) is 0 Å². The molecule has 18 heavy (non-hydrogen) atoms. The van der Waals surface area contributed by atoms with Gasteiger partial charge in [0.05, 0.1) is 15.7 Å². The summed E-state index contributed by atoms with van der Waals surface area (Å²) in [7, 11) is 0. The summed E-state index contributed by atoms with van der Waals surface area (Å²) in [6, 6.07) is 4.62. The molecule has 4 nitrogen and oxygen atoms in total. The predicted molar refractivity (Wildman–Crippen MR) is 69.6 cm³/mol. The Hall–Kier alpha value is -1.59. The molecule has 1 N–H and O–H groups in total. The Bertz CT molecular complexity index is 582. The molecule has 0 bridgehead atoms. The third-order valence-corrected chi connectivity index (χ3v) is 3.35. The molecule has 0 saturated carbocycles. The van der Waals surface area contributed by atoms with Crippen LogP contribution in [0, 0.1) is 6.92 Å². The van der Waals surface area contributed by atoms with E-state index >= 15 is 0 Å². The third kappa shape index (κ3) is 2.80. The average Bonchev–Trinajstić information content (AvgIpc) is 2.73. The number of para-hydroxylation sites is 1. The second-order valence-corrected chi connectivity index (χ2v) is 5.04. The van der Waals surface area contributed by atoms with Gasteiger partial charge in [-0.25, -0.2) is 9.78 Å². The Morgan fingerprint density at radius 3 is 2.94 bits per heavy atom. The van der Waals surface area contributed by atoms with E-state index < -0.39 is 5.97 Å². The zero-order chi connectivity index (χ0) is 13.1. The van der Waals surface area contributed by atoms with Gasteiger partial charge in [0.1, 0.15) is 12.2 Å². The summed E-state index contributed by atoms with van der Waals surface area (Å²) in [5.41, 5.74) is 0.809. The first-order chi connectivity index (χ1) is 8.58. The first kappa shape index (κ1) is 12.9. The summed E-state index contributed by atoms with van der Waals surface area (Å²) in [5, 5.41) is 12.1. The lowest BCUT2D eigenvalue weighted by Crippen LogP contribution is -2.04. The van der Waals surface area contributed by atoms with E-state index in [1.54, 1.807) is 12.1 Å². The monoisotopic (exact) mass is 283 g/mol. The van der Waals surface area contributed by atoms with E-state index in [0.29, 0.717) is 0 Å². The van der Waals surface area contributed by atoms with Crippen molar-refractivity contribution in [3.8, 4) is 5.75 Å². The molecule has 0 spiro atoms. The van der Waals surface area contributed by atoms with Gasteiger partial charge in [0.15, 0.2) is 5.75 Å². The SMILES string of the molecule is Cc1nc(COc2c(Cl)cccc2C(=O)O)cs1. The lowest BCUT2D eigenvalue weighted by molar-refractivity contribution is 0.0691. The molecule has 0 atom stereocenters. The van der Waals surface area contributed by atoms with Crippen LogP contribution in [0.3, 0.4) is 0 Å². The number of hydrogen-bond acceptors (Lipinski definition) is 4. The summed E-state index contributed by atoms with van der Waals surface area (Å²) in [4.78, 5) is 15.3. The minimum Gasteiger partial charge on any atom is -0.485 e. The fourth-order valence-corrected chi connectivity index (χ4v) is 2.27. The van der Waals surface area contributed by atoms with Crippen LogP contribution >= 0.6 is 22.9 Å². The maximum atomic E-state index is 11.0. The molecule has 0 fully saturated rings. The first-order valence-corrected chi connectivity index (χ1v) is 6.39. The van der Waals surface area contributed by atoms with Gasteiger partial charge in [-0.05, 0) is 19.1 Å². The molecule has 1 heterocycles. The fraction of sp³-hybridized carbons (Fsp3) is 0.167. The Kier molecular flexibility index (Phi) is 3.84. The highest BCUT2D eigenvalue weighted by Crippen LogP contribution is 2.29. The summed E-state index contributed by atoms with van der Waals surface area (Å²) in [6.45, 7) is 2.10. The number of aryl methyl sites for hydroxylation is 1. The highest BCUT2D eigenvalue weighted by molar-refractivity contribution is 7.09. The summed E-state index contributed by atoms with van der Waals surface area (Å²) >= 11 is 7.45. The Balaban J connectivity index is 2.20. The van der Waals surface area contributed by atoms with Gasteiger partial charge < -0.3 is 9.84 Å². The topological polar surface area (TPSA) is 59.4 Å². The number of benzene rings is 1. The molecular formula is C12H10ClNO3S. The third-order valence-electron chi connectivity index (χ3n) is 2.23. The van der Waals surface area contributed by atoms with E-state index in [1.807, 2.05) is 12.3 Å². The van der Waals surface area contributed by atoms with Crippen LogP contribution in [0.5, 0.6) is 5.75 Å². The number of carboxylic acid groups (broad SMARTS) is 1. The van der Waals surface area contributed by atoms with Crippen LogP contribution in [0.15, 0.2) is 23.6 Å². The smallest absolute Gasteiger partial charge is 0.339 e. The number of carboxylic acids is 1. The van der Waals surface area contributed by atoms with E-state index in [2.05, 4.69) is 4.98 Å². The lowest BCUT2D eigenvalue weighted by atomic mass is 10.2. The van der Waals surface area contributed by atoms with E-state index in [1.165, 1.54) is 17.4 Å². The minimum absolute atomic E-state index is 0.0504. The molecule has 1 aromatic carbocycles. The van der Waals surface area contributed by atoms with Gasteiger partial charge in [-0.1, -0.05) is 17.7 Å². The number of nitrogens with zero attached hydrogens (tertiary/aromatic N) is 1. The van der Waals surface area contributed by atoms with Crippen LogP contribution in [0.25, 0.3) is 0 Å². The van der Waals surface area contributed by atoms with Gasteiger partial charge in [0, 0.05) is 5.38 Å². The number of rotatable bonds is 4. The molecule has 6 heteroatoms. The van der Waals surface area contributed by atoms with Crippen LogP contribution in [0.4, 0.5) is 0 Å². The molecule has 2 rings (SSSR count). The highest BCUT2D eigenvalue weighted by atomic mass is 35.5. The first-order valence-electron chi connectivity index (χ1n) is 5.13. The van der Waals surface area contributed by atoms with Crippen molar-refractivity contribution in [3.63, 3.8) is 0 Å². The van der Waals surface area contributed by atoms with E-state index in [-0.39, 0.29) is 22.9 Å². The van der Waals surface area contributed by atoms with Crippen LogP contribution < -0.4 is 4.74 Å². The Morgan fingerprint density at radius 2 is 2.33 bits per heavy atom. The van der Waals surface area contributed by atoms with Crippen LogP contribution in [-0.4, -0.2) is 16.1 Å². The average molecular weight is 284 g/mol. The number of hydrogen-bond donors (Lipinski definition) is 1. The standard InChI is InChI=1S/C12H10ClNO3S/c1-7-14-8(6-18-7)5-17-11-9(12(15)16)3-2-4-10(11)13/h2-4,6H,5H2,1H3,(H,15,16). The normalized spacial score (nSPS) is 10.3. The molecule has 0 aliphatic carbocycles. The molecule has 1 aromatic heterocycles. The number of thiazole rings is 1. The molecule has 0 aliphatic rings. The summed E-state index contributed by atoms with van der Waals surface area (Å²) in [5.74, 6) is -0.890. The van der Waals surface area contributed by atoms with Crippen molar-refractivity contribution in [2.45, 2.75) is 13.5 Å². The number of halogens is 1. The van der Waals surface area contributed by atoms with Crippen molar-refractivity contribution >= 4 is 28.9 Å². The summed E-state index contributed by atoms with van der Waals surface area (Å²) in [6.07, 6.45) is 0. The van der Waals surface area contributed by atoms with E-state index in [0.717, 1.165) is 10.7 Å². The van der Waals surface area contributed by atoms with Gasteiger partial charge in [0.25, 0.3) is 0 Å². The summed E-state index contributed by atoms with van der Waals surface area (Å²) < 4.78 is 5.46. The largest absolute Gasteiger partial charge is 0.485 e. The van der Waals surface area contributed by atoms with Gasteiger partial charge in [-0.15, -0.1) is 11.3 Å². The van der Waals surface area contributed by atoms with Crippen molar-refractivity contribution < 1.29 is 14.6 Å². The lowest BCUT2D eigenvalue weighted by Gasteiger charge is -2.09. The van der Waals surface area contributed by atoms with Gasteiger partial charge in [-0.2, -0.15) is 0 Å². The minimum atomic E-state index is -1.07. The van der Waals surface area contributed by atoms with Crippen molar-refractivity contribution in [3.05, 3.63) is 44.9 Å². The molecular weight excluding hydrogens is 274 g/mol. The molecule has 2 aromatic rings. The van der Waals surface area contributed by atoms with Crippen molar-refractivity contribution in [2.75, 3.05) is 0 Å². The molecule has 0 unspecified atom stereocenters. The molecule has 0 radical (unpaired) electrons. The zero-order valence-electron chi connectivity index (χ0n) is 9.51. The highest BCUT2D eigenvalue weighted by Gasteiger charge is 2.14. The number of carbonyl (C=O) groups is 1. The maximum Gasteiger partial charge on any atom is 0.339 e. The molecule has 0 saturated heterocycles. The van der Waals surface area contributed by atoms with Gasteiger partial charge in [0.2, 0.25) is 0 Å². The predicted octanol–water partition coefficient (Wildman–Crippen LogP) is 3.38. The second-order valence-electron chi connectivity index (χ2n) is 3.57. The van der Waals surface area contributed by atoms with Gasteiger partial charge >= 0.3 is 5.97 Å². The second kappa shape index (κ2) is 5.37. The number of ether oxygens (including phenoxy) is 1. The number of aromatic carboxylic acids is 1. The van der Waals surface area contributed by atoms with E-state index in [4.69, 9.17) is 21.4 Å². The Labute approximate surface area is 113 Å². The van der Waals surface area contributed by atoms with Crippen LogP contribution in [0.2, 0.25) is 5.02 Å². The van der Waals surface area contributed by atoms with Crippen molar-refractivity contribution in [2.24, 2.45) is 0 Å². The van der Waals surface area contributed by atoms with E-state index in [9.17, 15) is 4.79 Å². The molecule has 0 amide bonds. The maximum absolute atomic E-state index is 11.0. The fourth-order valence-electron chi connectivity index (χ4n) is 1.44. The zero-order valence-corrected chi connectivity index (χ0v) is 11.1. The molecule has 94 valence electrons. The number of aromatic nitrogens is 1. The quantitative estimate of drug-likeness (QED) is 0.934. The Morgan fingerprint density at radius 1 is 1.56 bits per heavy atom.